The number of hydrogen-bond acceptors (Lipinski definition) is 3. The standard InChI is InChI=1S/C22H27NO2/c1-15(16-5-3-2-4-6-16)25-14-22(23)19-8-9-20(22)12-18-13-21(24)10-7-17(18)11-19/h2-7,10,13,15,19-20,24H,8-9,11-12,14,23H2,1H3. The fraction of sp³-hybridized carbons (Fsp3) is 0.455. The van der Waals surface area contributed by atoms with E-state index in [0.29, 0.717) is 24.2 Å². The van der Waals surface area contributed by atoms with Gasteiger partial charge in [-0.1, -0.05) is 36.4 Å². The maximum Gasteiger partial charge on any atom is 0.115 e. The number of nitrogens with two attached hydrogens (primary N) is 1. The second-order valence-electron chi connectivity index (χ2n) is 7.81. The van der Waals surface area contributed by atoms with E-state index in [1.54, 1.807) is 6.07 Å². The summed E-state index contributed by atoms with van der Waals surface area (Å²) in [4.78, 5) is 0. The van der Waals surface area contributed by atoms with E-state index in [1.165, 1.54) is 23.1 Å². The van der Waals surface area contributed by atoms with Gasteiger partial charge in [-0.3, -0.25) is 0 Å². The van der Waals surface area contributed by atoms with Crippen LogP contribution in [0.3, 0.4) is 0 Å². The van der Waals surface area contributed by atoms with Gasteiger partial charge >= 0.3 is 0 Å². The summed E-state index contributed by atoms with van der Waals surface area (Å²) in [5.41, 5.74) is 10.5. The van der Waals surface area contributed by atoms with Crippen LogP contribution in [0, 0.1) is 11.8 Å². The molecule has 2 bridgehead atoms. The van der Waals surface area contributed by atoms with Crippen molar-refractivity contribution in [3.63, 3.8) is 0 Å². The van der Waals surface area contributed by atoms with E-state index in [-0.39, 0.29) is 11.6 Å². The summed E-state index contributed by atoms with van der Waals surface area (Å²) in [5.74, 6) is 1.22. The van der Waals surface area contributed by atoms with Crippen LogP contribution in [-0.2, 0) is 17.6 Å². The van der Waals surface area contributed by atoms with Gasteiger partial charge in [-0.2, -0.15) is 0 Å². The van der Waals surface area contributed by atoms with Crippen LogP contribution in [0.5, 0.6) is 5.75 Å². The third kappa shape index (κ3) is 3.07. The highest BCUT2D eigenvalue weighted by molar-refractivity contribution is 5.38. The topological polar surface area (TPSA) is 55.5 Å². The highest BCUT2D eigenvalue weighted by atomic mass is 16.5. The molecule has 4 unspecified atom stereocenters. The van der Waals surface area contributed by atoms with E-state index in [0.717, 1.165) is 19.3 Å². The second-order valence-corrected chi connectivity index (χ2v) is 7.81. The largest absolute Gasteiger partial charge is 0.508 e. The van der Waals surface area contributed by atoms with Gasteiger partial charge in [0.05, 0.1) is 12.7 Å². The Morgan fingerprint density at radius 2 is 1.76 bits per heavy atom. The molecule has 1 fully saturated rings. The van der Waals surface area contributed by atoms with Crippen LogP contribution < -0.4 is 5.73 Å². The molecule has 2 aromatic rings. The number of fused-ring (bicyclic) bond motifs is 3. The normalized spacial score (nSPS) is 29.0. The highest BCUT2D eigenvalue weighted by Gasteiger charge is 2.49. The predicted molar refractivity (Wildman–Crippen MR) is 99.5 cm³/mol. The molecule has 25 heavy (non-hydrogen) atoms. The smallest absolute Gasteiger partial charge is 0.115 e. The first-order chi connectivity index (χ1) is 12.1. The first-order valence-corrected chi connectivity index (χ1v) is 9.32. The molecular formula is C22H27NO2. The highest BCUT2D eigenvalue weighted by Crippen LogP contribution is 2.46. The molecule has 2 aliphatic carbocycles. The van der Waals surface area contributed by atoms with Crippen LogP contribution in [0.15, 0.2) is 48.5 Å². The van der Waals surface area contributed by atoms with Gasteiger partial charge in [-0.05, 0) is 73.3 Å². The molecular weight excluding hydrogens is 310 g/mol. The average molecular weight is 337 g/mol. The summed E-state index contributed by atoms with van der Waals surface area (Å²) < 4.78 is 6.26. The molecule has 3 nitrogen and oxygen atoms in total. The van der Waals surface area contributed by atoms with Gasteiger partial charge in [0.1, 0.15) is 5.75 Å². The molecule has 0 amide bonds. The summed E-state index contributed by atoms with van der Waals surface area (Å²) in [6.45, 7) is 2.70. The SMILES string of the molecule is CC(OCC1(N)C2CCC1Cc1cc(O)ccc1C2)c1ccccc1. The fourth-order valence-corrected chi connectivity index (χ4v) is 4.72. The Morgan fingerprint density at radius 1 is 1.08 bits per heavy atom. The Kier molecular flexibility index (Phi) is 4.30. The molecule has 132 valence electrons. The Labute approximate surface area is 149 Å². The maximum atomic E-state index is 9.83. The average Bonchev–Trinajstić information content (AvgIpc) is 2.84. The minimum absolute atomic E-state index is 0.0516. The minimum Gasteiger partial charge on any atom is -0.508 e. The zero-order valence-corrected chi connectivity index (χ0v) is 14.8. The van der Waals surface area contributed by atoms with Gasteiger partial charge < -0.3 is 15.6 Å². The molecule has 2 aliphatic rings. The van der Waals surface area contributed by atoms with E-state index in [1.807, 2.05) is 24.3 Å². The summed E-state index contributed by atoms with van der Waals surface area (Å²) >= 11 is 0. The number of hydrogen-bond donors (Lipinski definition) is 2. The Morgan fingerprint density at radius 3 is 2.48 bits per heavy atom. The molecule has 2 aromatic carbocycles. The quantitative estimate of drug-likeness (QED) is 0.887. The van der Waals surface area contributed by atoms with Crippen LogP contribution in [0.2, 0.25) is 0 Å². The monoisotopic (exact) mass is 337 g/mol. The number of rotatable bonds is 4. The van der Waals surface area contributed by atoms with E-state index in [2.05, 4.69) is 25.1 Å². The van der Waals surface area contributed by atoms with Crippen molar-refractivity contribution in [3.8, 4) is 5.75 Å². The summed E-state index contributed by atoms with van der Waals surface area (Å²) in [6.07, 6.45) is 4.31. The van der Waals surface area contributed by atoms with Gasteiger partial charge in [0.25, 0.3) is 0 Å². The third-order valence-corrected chi connectivity index (χ3v) is 6.36. The number of phenolic OH excluding ortho intramolecular Hbond substituents is 1. The van der Waals surface area contributed by atoms with Gasteiger partial charge in [0, 0.05) is 5.54 Å². The van der Waals surface area contributed by atoms with Gasteiger partial charge in [-0.25, -0.2) is 0 Å². The first-order valence-electron chi connectivity index (χ1n) is 9.32. The Hall–Kier alpha value is -1.84. The van der Waals surface area contributed by atoms with Crippen LogP contribution in [0.4, 0.5) is 0 Å². The minimum atomic E-state index is -0.280. The summed E-state index contributed by atoms with van der Waals surface area (Å²) in [5, 5.41) is 9.83. The molecule has 0 aliphatic heterocycles. The van der Waals surface area contributed by atoms with Gasteiger partial charge in [-0.15, -0.1) is 0 Å². The van der Waals surface area contributed by atoms with Crippen molar-refractivity contribution >= 4 is 0 Å². The summed E-state index contributed by atoms with van der Waals surface area (Å²) in [7, 11) is 0. The fourth-order valence-electron chi connectivity index (χ4n) is 4.72. The van der Waals surface area contributed by atoms with E-state index < -0.39 is 0 Å². The van der Waals surface area contributed by atoms with Crippen molar-refractivity contribution < 1.29 is 9.84 Å². The number of aromatic hydroxyl groups is 1. The predicted octanol–water partition coefficient (Wildman–Crippen LogP) is 3.99. The lowest BCUT2D eigenvalue weighted by molar-refractivity contribution is 0.00457. The number of benzene rings is 2. The number of phenols is 1. The molecule has 0 saturated heterocycles. The zero-order valence-electron chi connectivity index (χ0n) is 14.8. The molecule has 0 aromatic heterocycles. The molecule has 0 spiro atoms. The van der Waals surface area contributed by atoms with Crippen molar-refractivity contribution in [1.29, 1.82) is 0 Å². The van der Waals surface area contributed by atoms with Crippen molar-refractivity contribution in [1.82, 2.24) is 0 Å². The van der Waals surface area contributed by atoms with Crippen LogP contribution in [0.25, 0.3) is 0 Å². The Bertz CT molecular complexity index is 745. The van der Waals surface area contributed by atoms with E-state index in [9.17, 15) is 5.11 Å². The second kappa shape index (κ2) is 6.47. The molecule has 4 atom stereocenters. The van der Waals surface area contributed by atoms with Gasteiger partial charge in [0.2, 0.25) is 0 Å². The molecule has 1 saturated carbocycles. The lowest BCUT2D eigenvalue weighted by Crippen LogP contribution is -2.53. The maximum absolute atomic E-state index is 9.83. The zero-order chi connectivity index (χ0) is 17.4. The third-order valence-electron chi connectivity index (χ3n) is 6.36. The first kappa shape index (κ1) is 16.6. The molecule has 3 heteroatoms. The lowest BCUT2D eigenvalue weighted by atomic mass is 9.80. The van der Waals surface area contributed by atoms with E-state index >= 15 is 0 Å². The van der Waals surface area contributed by atoms with Crippen molar-refractivity contribution in [2.75, 3.05) is 6.61 Å². The van der Waals surface area contributed by atoms with Crippen LogP contribution in [0.1, 0.15) is 42.6 Å². The summed E-state index contributed by atoms with van der Waals surface area (Å²) in [6, 6.07) is 16.1. The molecule has 3 N–H and O–H groups in total. The van der Waals surface area contributed by atoms with Crippen molar-refractivity contribution in [2.45, 2.75) is 44.2 Å². The van der Waals surface area contributed by atoms with E-state index in [4.69, 9.17) is 10.5 Å². The van der Waals surface area contributed by atoms with Crippen molar-refractivity contribution in [3.05, 3.63) is 65.2 Å². The van der Waals surface area contributed by atoms with Crippen LogP contribution >= 0.6 is 0 Å². The lowest BCUT2D eigenvalue weighted by Gasteiger charge is -2.36. The van der Waals surface area contributed by atoms with Crippen LogP contribution in [-0.4, -0.2) is 17.3 Å². The van der Waals surface area contributed by atoms with Crippen molar-refractivity contribution in [2.24, 2.45) is 17.6 Å². The Balaban J connectivity index is 1.52. The molecule has 4 rings (SSSR count). The molecule has 0 radical (unpaired) electrons. The molecule has 0 heterocycles. The van der Waals surface area contributed by atoms with Gasteiger partial charge in [0.15, 0.2) is 0 Å². The number of ether oxygens (including phenoxy) is 1.